The van der Waals surface area contributed by atoms with Gasteiger partial charge in [0, 0.05) is 51.6 Å². The summed E-state index contributed by atoms with van der Waals surface area (Å²) >= 11 is 0. The SMILES string of the molecule is COC(=O)[C@@H]1Cc2cc(ccc2O)-c2ccc(O)c(c2)C[C@H](N)C(=O)N[C@@H](C[C@@H](O)CN)C(=O)N1.NC[C@H](O)C[C@@H]1NC(=O)[C@@H](N)Cc2cc(ccc2O)-c2ccc(O)c(c2)C[C@@H](C(=O)O)NC1=O. The number of aliphatic hydroxyl groups is 2. The monoisotopic (exact) mass is 958 g/mol. The lowest BCUT2D eigenvalue weighted by Crippen LogP contribution is -2.56. The Morgan fingerprint density at radius 2 is 0.870 bits per heavy atom. The van der Waals surface area contributed by atoms with Crippen molar-refractivity contribution < 1.29 is 69.2 Å². The summed E-state index contributed by atoms with van der Waals surface area (Å²) in [6, 6.07) is 11.5. The second-order valence-corrected chi connectivity index (χ2v) is 16.8. The number of phenols is 4. The molecule has 0 unspecified atom stereocenters. The van der Waals surface area contributed by atoms with Crippen LogP contribution in [0.2, 0.25) is 0 Å². The lowest BCUT2D eigenvalue weighted by molar-refractivity contribution is -0.145. The Bertz CT molecular complexity index is 2540. The molecular formula is C47H58N8O14. The van der Waals surface area contributed by atoms with Gasteiger partial charge in [0.25, 0.3) is 0 Å². The third kappa shape index (κ3) is 13.9. The van der Waals surface area contributed by atoms with E-state index in [0.717, 1.165) is 7.11 Å². The maximum absolute atomic E-state index is 13.1. The Hall–Kier alpha value is -7.34. The van der Waals surface area contributed by atoms with Gasteiger partial charge in [-0.15, -0.1) is 0 Å². The number of nitrogens with one attached hydrogen (secondary N) is 4. The van der Waals surface area contributed by atoms with E-state index in [1.165, 1.54) is 24.3 Å². The maximum Gasteiger partial charge on any atom is 0.328 e. The Balaban J connectivity index is 0.000000258. The minimum Gasteiger partial charge on any atom is -0.508 e. The second kappa shape index (κ2) is 23.6. The molecule has 0 radical (unpaired) electrons. The van der Waals surface area contributed by atoms with Gasteiger partial charge in [0.05, 0.1) is 31.4 Å². The fraction of sp³-hybridized carbons (Fsp3) is 0.362. The largest absolute Gasteiger partial charge is 0.508 e. The first kappa shape index (κ1) is 52.6. The fourth-order valence-electron chi connectivity index (χ4n) is 7.65. The molecule has 0 aromatic heterocycles. The number of carboxylic acids is 1. The van der Waals surface area contributed by atoms with Crippen molar-refractivity contribution in [2.75, 3.05) is 20.2 Å². The maximum atomic E-state index is 13.1. The molecule has 2 heterocycles. The number of nitrogens with two attached hydrogens (primary N) is 4. The minimum atomic E-state index is -1.43. The number of fused-ring (bicyclic) bond motifs is 10. The quantitative estimate of drug-likeness (QED) is 0.0849. The van der Waals surface area contributed by atoms with Crippen LogP contribution in [-0.4, -0.2) is 140 Å². The number of carbonyl (C=O) groups is 6. The van der Waals surface area contributed by atoms with Crippen molar-refractivity contribution in [3.05, 3.63) is 95.1 Å². The average molecular weight is 959 g/mol. The number of amides is 4. The van der Waals surface area contributed by atoms with E-state index in [0.29, 0.717) is 38.9 Å². The van der Waals surface area contributed by atoms with Gasteiger partial charge in [0.15, 0.2) is 0 Å². The van der Waals surface area contributed by atoms with Gasteiger partial charge in [0.1, 0.15) is 47.2 Å². The van der Waals surface area contributed by atoms with E-state index in [1.54, 1.807) is 48.5 Å². The molecule has 8 bridgehead atoms. The number of methoxy groups -OCH3 is 1. The van der Waals surface area contributed by atoms with Gasteiger partial charge in [-0.25, -0.2) is 9.59 Å². The highest BCUT2D eigenvalue weighted by atomic mass is 16.5. The van der Waals surface area contributed by atoms with Crippen LogP contribution in [0.25, 0.3) is 22.3 Å². The van der Waals surface area contributed by atoms with Crippen LogP contribution < -0.4 is 44.2 Å². The number of carboxylic acid groups (broad SMARTS) is 1. The molecule has 0 aliphatic carbocycles. The minimum absolute atomic E-state index is 0.0327. The summed E-state index contributed by atoms with van der Waals surface area (Å²) in [7, 11) is 1.16. The van der Waals surface area contributed by atoms with Crippen LogP contribution in [0.4, 0.5) is 0 Å². The van der Waals surface area contributed by atoms with Gasteiger partial charge >= 0.3 is 11.9 Å². The second-order valence-electron chi connectivity index (χ2n) is 16.8. The van der Waals surface area contributed by atoms with Crippen LogP contribution >= 0.6 is 0 Å². The van der Waals surface area contributed by atoms with Crippen molar-refractivity contribution in [2.24, 2.45) is 22.9 Å². The van der Waals surface area contributed by atoms with E-state index in [2.05, 4.69) is 21.3 Å². The van der Waals surface area contributed by atoms with Gasteiger partial charge in [-0.3, -0.25) is 19.2 Å². The first-order valence-corrected chi connectivity index (χ1v) is 21.8. The van der Waals surface area contributed by atoms with Crippen molar-refractivity contribution >= 4 is 35.6 Å². The molecule has 69 heavy (non-hydrogen) atoms. The molecule has 4 amide bonds. The predicted molar refractivity (Wildman–Crippen MR) is 248 cm³/mol. The Kier molecular flexibility index (Phi) is 18.0. The molecule has 8 atom stereocenters. The molecule has 2 aliphatic heterocycles. The highest BCUT2D eigenvalue weighted by Crippen LogP contribution is 2.33. The lowest BCUT2D eigenvalue weighted by Gasteiger charge is -2.25. The molecule has 4 aromatic carbocycles. The predicted octanol–water partition coefficient (Wildman–Crippen LogP) is -2.00. The highest BCUT2D eigenvalue weighted by molar-refractivity contribution is 5.93. The van der Waals surface area contributed by atoms with Crippen LogP contribution in [0.5, 0.6) is 23.0 Å². The van der Waals surface area contributed by atoms with E-state index in [-0.39, 0.29) is 80.2 Å². The molecule has 2 aliphatic rings. The van der Waals surface area contributed by atoms with Crippen molar-refractivity contribution in [1.29, 1.82) is 0 Å². The molecule has 0 saturated heterocycles. The molecule has 4 aromatic rings. The van der Waals surface area contributed by atoms with Crippen molar-refractivity contribution in [2.45, 2.75) is 87.0 Å². The number of esters is 1. The van der Waals surface area contributed by atoms with Crippen LogP contribution in [0.1, 0.15) is 35.1 Å². The smallest absolute Gasteiger partial charge is 0.328 e. The number of phenolic OH excluding ortho intramolecular Hbond substituents is 4. The molecule has 0 fully saturated rings. The lowest BCUT2D eigenvalue weighted by atomic mass is 9.95. The summed E-state index contributed by atoms with van der Waals surface area (Å²) in [6.45, 7) is -0.344. The van der Waals surface area contributed by atoms with Gasteiger partial charge in [0.2, 0.25) is 23.6 Å². The fourth-order valence-corrected chi connectivity index (χ4v) is 7.65. The number of hydrogen-bond acceptors (Lipinski definition) is 17. The molecule has 0 spiro atoms. The van der Waals surface area contributed by atoms with E-state index in [4.69, 9.17) is 27.7 Å². The summed E-state index contributed by atoms with van der Waals surface area (Å²) < 4.78 is 4.82. The summed E-state index contributed by atoms with van der Waals surface area (Å²) in [5.41, 5.74) is 27.1. The Morgan fingerprint density at radius 1 is 0.551 bits per heavy atom. The van der Waals surface area contributed by atoms with Gasteiger partial charge in [-0.05, 0) is 93.0 Å². The Labute approximate surface area is 395 Å². The van der Waals surface area contributed by atoms with Gasteiger partial charge in [-0.1, -0.05) is 24.3 Å². The number of hydrogen-bond donors (Lipinski definition) is 15. The summed E-state index contributed by atoms with van der Waals surface area (Å²) in [5.74, 6) is -5.53. The van der Waals surface area contributed by atoms with E-state index < -0.39 is 84.0 Å². The third-order valence-corrected chi connectivity index (χ3v) is 11.6. The summed E-state index contributed by atoms with van der Waals surface area (Å²) in [6.07, 6.45) is -3.18. The third-order valence-electron chi connectivity index (χ3n) is 11.6. The average Bonchev–Trinajstić information content (AvgIpc) is 3.32. The molecule has 19 N–H and O–H groups in total. The first-order chi connectivity index (χ1) is 32.7. The van der Waals surface area contributed by atoms with Crippen LogP contribution in [-0.2, 0) is 59.2 Å². The van der Waals surface area contributed by atoms with Gasteiger partial charge in [-0.2, -0.15) is 0 Å². The summed E-state index contributed by atoms with van der Waals surface area (Å²) in [5, 5.41) is 80.8. The zero-order valence-electron chi connectivity index (χ0n) is 37.5. The van der Waals surface area contributed by atoms with Crippen molar-refractivity contribution in [3.8, 4) is 45.3 Å². The normalized spacial score (nSPS) is 21.8. The van der Waals surface area contributed by atoms with Crippen LogP contribution in [0, 0.1) is 0 Å². The number of aromatic hydroxyl groups is 4. The number of aliphatic carboxylic acids is 1. The number of rotatable bonds is 8. The molecule has 370 valence electrons. The molecule has 22 heteroatoms. The standard InChI is InChI=1S/C24H30N4O7.C23H28N4O7/c1-35-24(34)19-9-15-7-13(3-5-21(15)31)12-2-4-20(30)14(6-12)8-17(26)22(32)27-18(23(33)28-19)10-16(29)11-25;24-10-15(28)9-17-22(32)27-18(23(33)34)8-14-6-12(2-4-20(14)30)11-1-3-19(29)13(5-11)7-16(25)21(31)26-17/h2-7,16-19,29-31H,8-11,25-26H2,1H3,(H,27,32)(H,28,33);1-6,15-18,28-30H,7-10,24-25H2,(H,26,31)(H,27,32)(H,33,34)/t16-,17+,18+,19+;15-,16+,17+,18+/m11/s1. The summed E-state index contributed by atoms with van der Waals surface area (Å²) in [4.78, 5) is 75.9. The molecular weight excluding hydrogens is 901 g/mol. The van der Waals surface area contributed by atoms with Crippen molar-refractivity contribution in [3.63, 3.8) is 0 Å². The van der Waals surface area contributed by atoms with E-state index in [9.17, 15) is 64.5 Å². The number of ether oxygens (including phenoxy) is 1. The highest BCUT2D eigenvalue weighted by Gasteiger charge is 2.33. The number of aliphatic hydroxyl groups excluding tert-OH is 2. The Morgan fingerprint density at radius 3 is 1.19 bits per heavy atom. The number of benzene rings is 4. The topological polar surface area (TPSA) is 405 Å². The van der Waals surface area contributed by atoms with E-state index >= 15 is 0 Å². The van der Waals surface area contributed by atoms with Crippen LogP contribution in [0.15, 0.2) is 72.8 Å². The van der Waals surface area contributed by atoms with Crippen molar-refractivity contribution in [1.82, 2.24) is 21.3 Å². The van der Waals surface area contributed by atoms with E-state index in [1.807, 2.05) is 0 Å². The number of carbonyl (C=O) groups excluding carboxylic acids is 5. The van der Waals surface area contributed by atoms with Crippen LogP contribution in [0.3, 0.4) is 0 Å². The molecule has 6 rings (SSSR count). The molecule has 22 nitrogen and oxygen atoms in total. The van der Waals surface area contributed by atoms with Gasteiger partial charge < -0.3 is 84.7 Å². The zero-order valence-corrected chi connectivity index (χ0v) is 37.5. The molecule has 0 saturated carbocycles. The zero-order chi connectivity index (χ0) is 50.7. The first-order valence-electron chi connectivity index (χ1n) is 21.8.